The minimum absolute atomic E-state index is 0.0365. The van der Waals surface area contributed by atoms with E-state index in [1.54, 1.807) is 11.6 Å². The molecule has 0 saturated carbocycles. The van der Waals surface area contributed by atoms with Crippen LogP contribution >= 0.6 is 23.1 Å². The van der Waals surface area contributed by atoms with E-state index in [-0.39, 0.29) is 10.8 Å². The number of fused-ring (bicyclic) bond motifs is 1. The third kappa shape index (κ3) is 3.06. The van der Waals surface area contributed by atoms with Crippen LogP contribution in [0.15, 0.2) is 50.1 Å². The summed E-state index contributed by atoms with van der Waals surface area (Å²) in [5, 5.41) is 10.7. The van der Waals surface area contributed by atoms with Crippen LogP contribution in [0.3, 0.4) is 0 Å². The zero-order valence-electron chi connectivity index (χ0n) is 14.5. The van der Waals surface area contributed by atoms with E-state index in [1.165, 1.54) is 28.7 Å². The second kappa shape index (κ2) is 6.69. The second-order valence-corrected chi connectivity index (χ2v) is 8.19. The van der Waals surface area contributed by atoms with Gasteiger partial charge in [-0.05, 0) is 37.4 Å². The van der Waals surface area contributed by atoms with Crippen molar-refractivity contribution in [2.24, 2.45) is 7.05 Å². The average molecular weight is 384 g/mol. The Morgan fingerprint density at radius 3 is 2.73 bits per heavy atom. The van der Waals surface area contributed by atoms with Crippen LogP contribution in [0, 0.1) is 6.92 Å². The fourth-order valence-corrected chi connectivity index (χ4v) is 4.20. The lowest BCUT2D eigenvalue weighted by atomic mass is 10.1. The molecule has 0 spiro atoms. The van der Waals surface area contributed by atoms with Gasteiger partial charge in [0.2, 0.25) is 11.8 Å². The molecule has 6 nitrogen and oxygen atoms in total. The number of aryl methyl sites for hydroxylation is 1. The van der Waals surface area contributed by atoms with Gasteiger partial charge < -0.3 is 4.42 Å². The van der Waals surface area contributed by atoms with Crippen LogP contribution in [0.2, 0.25) is 0 Å². The normalized spacial score (nSPS) is 12.6. The monoisotopic (exact) mass is 384 g/mol. The number of thiophene rings is 1. The number of aromatic nitrogens is 4. The molecular weight excluding hydrogens is 368 g/mol. The fourth-order valence-electron chi connectivity index (χ4n) is 2.49. The quantitative estimate of drug-likeness (QED) is 0.388. The Kier molecular flexibility index (Phi) is 4.37. The third-order valence-corrected chi connectivity index (χ3v) is 6.04. The van der Waals surface area contributed by atoms with Crippen molar-refractivity contribution >= 4 is 33.3 Å². The van der Waals surface area contributed by atoms with Crippen molar-refractivity contribution in [1.29, 1.82) is 0 Å². The zero-order chi connectivity index (χ0) is 18.3. The molecule has 8 heteroatoms. The lowest BCUT2D eigenvalue weighted by molar-refractivity contribution is 0.508. The number of hydrogen-bond acceptors (Lipinski definition) is 7. The molecule has 4 aromatic rings. The van der Waals surface area contributed by atoms with E-state index < -0.39 is 0 Å². The lowest BCUT2D eigenvalue weighted by Gasteiger charge is -2.09. The molecule has 0 aliphatic carbocycles. The topological polar surface area (TPSA) is 73.8 Å². The van der Waals surface area contributed by atoms with Gasteiger partial charge in [-0.25, -0.2) is 4.98 Å². The van der Waals surface area contributed by atoms with Crippen molar-refractivity contribution in [3.05, 3.63) is 57.5 Å². The summed E-state index contributed by atoms with van der Waals surface area (Å²) in [4.78, 5) is 17.0. The molecule has 26 heavy (non-hydrogen) atoms. The molecule has 1 aromatic carbocycles. The highest BCUT2D eigenvalue weighted by atomic mass is 32.2. The van der Waals surface area contributed by atoms with Gasteiger partial charge in [-0.1, -0.05) is 29.5 Å². The van der Waals surface area contributed by atoms with Crippen molar-refractivity contribution in [2.45, 2.75) is 24.3 Å². The maximum absolute atomic E-state index is 12.4. The van der Waals surface area contributed by atoms with E-state index in [4.69, 9.17) is 4.42 Å². The minimum Gasteiger partial charge on any atom is -0.419 e. The summed E-state index contributed by atoms with van der Waals surface area (Å²) in [6.07, 6.45) is 0. The molecule has 0 aliphatic heterocycles. The largest absolute Gasteiger partial charge is 0.419 e. The first-order valence-electron chi connectivity index (χ1n) is 8.04. The van der Waals surface area contributed by atoms with Crippen molar-refractivity contribution in [3.63, 3.8) is 0 Å². The van der Waals surface area contributed by atoms with Crippen molar-refractivity contribution in [2.75, 3.05) is 0 Å². The maximum atomic E-state index is 12.4. The second-order valence-electron chi connectivity index (χ2n) is 5.97. The van der Waals surface area contributed by atoms with E-state index in [1.807, 2.05) is 49.6 Å². The van der Waals surface area contributed by atoms with E-state index in [9.17, 15) is 4.79 Å². The van der Waals surface area contributed by atoms with Gasteiger partial charge in [0.05, 0.1) is 10.8 Å². The first-order valence-corrected chi connectivity index (χ1v) is 9.80. The Morgan fingerprint density at radius 1 is 1.19 bits per heavy atom. The predicted molar refractivity (Wildman–Crippen MR) is 104 cm³/mol. The van der Waals surface area contributed by atoms with Gasteiger partial charge in [0.15, 0.2) is 5.16 Å². The van der Waals surface area contributed by atoms with Crippen LogP contribution in [0.4, 0.5) is 0 Å². The van der Waals surface area contributed by atoms with Crippen LogP contribution < -0.4 is 5.56 Å². The molecule has 0 saturated heterocycles. The minimum atomic E-state index is -0.129. The highest BCUT2D eigenvalue weighted by Gasteiger charge is 2.19. The molecule has 0 bridgehead atoms. The molecule has 3 aromatic heterocycles. The lowest BCUT2D eigenvalue weighted by Crippen LogP contribution is -2.19. The molecule has 0 N–H and O–H groups in total. The molecule has 0 radical (unpaired) electrons. The van der Waals surface area contributed by atoms with Gasteiger partial charge in [0.25, 0.3) is 5.56 Å². The predicted octanol–water partition coefficient (Wildman–Crippen LogP) is 4.21. The summed E-state index contributed by atoms with van der Waals surface area (Å²) in [5.74, 6) is 0.993. The number of thioether (sulfide) groups is 1. The number of hydrogen-bond donors (Lipinski definition) is 0. The smallest absolute Gasteiger partial charge is 0.271 e. The van der Waals surface area contributed by atoms with E-state index in [0.717, 1.165) is 11.1 Å². The SMILES string of the molecule is Cc1ccc(-c2nnc(C(C)Sc3nc4ccsc4c(=O)n3C)o2)cc1. The molecule has 1 atom stereocenters. The van der Waals surface area contributed by atoms with Crippen LogP contribution in [-0.2, 0) is 7.05 Å². The van der Waals surface area contributed by atoms with Gasteiger partial charge in [0, 0.05) is 12.6 Å². The van der Waals surface area contributed by atoms with Gasteiger partial charge in [-0.2, -0.15) is 0 Å². The van der Waals surface area contributed by atoms with Gasteiger partial charge in [-0.3, -0.25) is 9.36 Å². The van der Waals surface area contributed by atoms with Crippen molar-refractivity contribution in [3.8, 4) is 11.5 Å². The Morgan fingerprint density at radius 2 is 1.96 bits per heavy atom. The van der Waals surface area contributed by atoms with Crippen LogP contribution in [0.1, 0.15) is 23.6 Å². The van der Waals surface area contributed by atoms with Crippen LogP contribution in [0.5, 0.6) is 0 Å². The molecule has 0 fully saturated rings. The van der Waals surface area contributed by atoms with Crippen molar-refractivity contribution < 1.29 is 4.42 Å². The van der Waals surface area contributed by atoms with E-state index in [2.05, 4.69) is 15.2 Å². The van der Waals surface area contributed by atoms with E-state index in [0.29, 0.717) is 21.6 Å². The number of benzene rings is 1. The summed E-state index contributed by atoms with van der Waals surface area (Å²) < 4.78 is 8.07. The molecule has 1 unspecified atom stereocenters. The third-order valence-electron chi connectivity index (χ3n) is 4.02. The summed E-state index contributed by atoms with van der Waals surface area (Å²) in [7, 11) is 1.73. The summed E-state index contributed by atoms with van der Waals surface area (Å²) in [5.41, 5.74) is 2.74. The molecule has 132 valence electrons. The Balaban J connectivity index is 1.61. The van der Waals surface area contributed by atoms with Crippen LogP contribution in [-0.4, -0.2) is 19.7 Å². The molecular formula is C18H16N4O2S2. The summed E-state index contributed by atoms with van der Waals surface area (Å²) >= 11 is 2.83. The van der Waals surface area contributed by atoms with Gasteiger partial charge >= 0.3 is 0 Å². The average Bonchev–Trinajstić information content (AvgIpc) is 3.29. The van der Waals surface area contributed by atoms with Crippen molar-refractivity contribution in [1.82, 2.24) is 19.7 Å². The first-order chi connectivity index (χ1) is 12.5. The zero-order valence-corrected chi connectivity index (χ0v) is 16.1. The summed E-state index contributed by atoms with van der Waals surface area (Å²) in [6, 6.07) is 9.79. The summed E-state index contributed by atoms with van der Waals surface area (Å²) in [6.45, 7) is 3.99. The van der Waals surface area contributed by atoms with Crippen LogP contribution in [0.25, 0.3) is 21.7 Å². The van der Waals surface area contributed by atoms with Gasteiger partial charge in [0.1, 0.15) is 4.70 Å². The Labute approximate surface area is 157 Å². The highest BCUT2D eigenvalue weighted by molar-refractivity contribution is 7.99. The molecule has 0 aliphatic rings. The molecule has 3 heterocycles. The van der Waals surface area contributed by atoms with Gasteiger partial charge in [-0.15, -0.1) is 21.5 Å². The standard InChI is InChI=1S/C18H16N4O2S2/c1-10-4-6-12(7-5-10)16-21-20-15(24-16)11(2)26-18-19-13-8-9-25-14(13)17(23)22(18)3/h4-9,11H,1-3H3. The number of nitrogens with zero attached hydrogens (tertiary/aromatic N) is 4. The Bertz CT molecular complexity index is 1130. The molecule has 4 rings (SSSR count). The maximum Gasteiger partial charge on any atom is 0.271 e. The number of rotatable bonds is 4. The first kappa shape index (κ1) is 17.0. The fraction of sp³-hybridized carbons (Fsp3) is 0.222. The molecule has 0 amide bonds. The Hall–Kier alpha value is -2.45. The van der Waals surface area contributed by atoms with E-state index >= 15 is 0 Å². The highest BCUT2D eigenvalue weighted by Crippen LogP contribution is 2.34.